The molecule has 0 aromatic heterocycles. The number of hydrogen-bond acceptors (Lipinski definition) is 4. The fourth-order valence-electron chi connectivity index (χ4n) is 4.43. The molecule has 1 saturated carbocycles. The lowest BCUT2D eigenvalue weighted by molar-refractivity contribution is -0.197. The fraction of sp³-hybridized carbons (Fsp3) is 0.789. The van der Waals surface area contributed by atoms with Crippen molar-refractivity contribution in [3.8, 4) is 12.3 Å². The summed E-state index contributed by atoms with van der Waals surface area (Å²) in [6.45, 7) is 0.203. The Balaban J connectivity index is 1.64. The molecule has 0 radical (unpaired) electrons. The van der Waals surface area contributed by atoms with Gasteiger partial charge in [-0.1, -0.05) is 19.3 Å². The summed E-state index contributed by atoms with van der Waals surface area (Å²) in [5.41, 5.74) is -1.47. The maximum atomic E-state index is 13.1. The van der Waals surface area contributed by atoms with Crippen LogP contribution in [0, 0.1) is 12.3 Å². The van der Waals surface area contributed by atoms with Gasteiger partial charge < -0.3 is 9.80 Å². The highest BCUT2D eigenvalue weighted by molar-refractivity contribution is 5.83. The second kappa shape index (κ2) is 7.72. The van der Waals surface area contributed by atoms with E-state index in [0.29, 0.717) is 32.1 Å². The maximum Gasteiger partial charge on any atom is 0.471 e. The lowest BCUT2D eigenvalue weighted by Crippen LogP contribution is -2.67. The molecule has 2 heterocycles. The van der Waals surface area contributed by atoms with Crippen LogP contribution in [0.2, 0.25) is 0 Å². The number of carbonyl (C=O) groups is 2. The summed E-state index contributed by atoms with van der Waals surface area (Å²) in [6, 6.07) is 0. The number of nitrogens with zero attached hydrogens (tertiary/aromatic N) is 4. The van der Waals surface area contributed by atoms with Gasteiger partial charge in [0.25, 0.3) is 0 Å². The van der Waals surface area contributed by atoms with Crippen LogP contribution < -0.4 is 0 Å². The van der Waals surface area contributed by atoms with E-state index in [4.69, 9.17) is 6.42 Å². The minimum Gasteiger partial charge on any atom is -0.339 e. The van der Waals surface area contributed by atoms with Gasteiger partial charge in [-0.05, 0) is 12.8 Å². The van der Waals surface area contributed by atoms with Gasteiger partial charge in [0.15, 0.2) is 5.66 Å². The number of rotatable bonds is 5. The molecule has 3 aliphatic rings. The van der Waals surface area contributed by atoms with Gasteiger partial charge in [-0.15, -0.1) is 12.3 Å². The van der Waals surface area contributed by atoms with Crippen LogP contribution in [0.1, 0.15) is 57.8 Å². The Hall–Kier alpha value is -2.11. The molecule has 28 heavy (non-hydrogen) atoms. The number of hydrogen-bond donors (Lipinski definition) is 0. The molecule has 3 rings (SSSR count). The molecule has 6 nitrogen and oxygen atoms in total. The van der Waals surface area contributed by atoms with Gasteiger partial charge in [0.2, 0.25) is 5.91 Å². The molecule has 1 spiro atoms. The summed E-state index contributed by atoms with van der Waals surface area (Å²) in [5.74, 6) is 0.626. The number of halogens is 3. The summed E-state index contributed by atoms with van der Waals surface area (Å²) in [4.78, 5) is 27.3. The zero-order valence-electron chi connectivity index (χ0n) is 15.8. The summed E-state index contributed by atoms with van der Waals surface area (Å²) >= 11 is 0. The Labute approximate surface area is 162 Å². The third-order valence-electron chi connectivity index (χ3n) is 6.07. The Kier molecular flexibility index (Phi) is 5.69. The van der Waals surface area contributed by atoms with Crippen LogP contribution >= 0.6 is 0 Å². The normalized spacial score (nSPS) is 22.8. The Morgan fingerprint density at radius 1 is 1.07 bits per heavy atom. The number of amides is 2. The summed E-state index contributed by atoms with van der Waals surface area (Å²) in [7, 11) is 0. The van der Waals surface area contributed by atoms with Gasteiger partial charge in [-0.25, -0.2) is 0 Å². The molecule has 0 bridgehead atoms. The predicted molar refractivity (Wildman–Crippen MR) is 95.1 cm³/mol. The van der Waals surface area contributed by atoms with Crippen molar-refractivity contribution in [2.75, 3.05) is 19.6 Å². The minimum absolute atomic E-state index is 0.0823. The van der Waals surface area contributed by atoms with E-state index >= 15 is 0 Å². The van der Waals surface area contributed by atoms with Crippen molar-refractivity contribution in [1.82, 2.24) is 9.80 Å². The van der Waals surface area contributed by atoms with Crippen LogP contribution in [-0.4, -0.2) is 58.6 Å². The van der Waals surface area contributed by atoms with Crippen molar-refractivity contribution < 1.29 is 22.8 Å². The van der Waals surface area contributed by atoms with Crippen molar-refractivity contribution in [2.24, 2.45) is 10.2 Å². The van der Waals surface area contributed by atoms with E-state index < -0.39 is 23.3 Å². The van der Waals surface area contributed by atoms with Crippen LogP contribution in [0.25, 0.3) is 0 Å². The maximum absolute atomic E-state index is 13.1. The lowest BCUT2D eigenvalue weighted by Gasteiger charge is -2.52. The van der Waals surface area contributed by atoms with Gasteiger partial charge in [-0.3, -0.25) is 9.59 Å². The first-order chi connectivity index (χ1) is 13.2. The number of carbonyl (C=O) groups excluding carboxylic acids is 2. The highest BCUT2D eigenvalue weighted by Gasteiger charge is 2.53. The highest BCUT2D eigenvalue weighted by Crippen LogP contribution is 2.40. The molecule has 1 saturated heterocycles. The van der Waals surface area contributed by atoms with Crippen LogP contribution in [0.3, 0.4) is 0 Å². The Morgan fingerprint density at radius 3 is 2.32 bits per heavy atom. The second-order valence-corrected chi connectivity index (χ2v) is 7.94. The zero-order chi connectivity index (χ0) is 20.4. The number of terminal acetylenes is 1. The second-order valence-electron chi connectivity index (χ2n) is 7.94. The van der Waals surface area contributed by atoms with Crippen molar-refractivity contribution in [1.29, 1.82) is 0 Å². The van der Waals surface area contributed by atoms with Crippen LogP contribution in [0.15, 0.2) is 10.2 Å². The average Bonchev–Trinajstić information content (AvgIpc) is 3.44. The number of alkyl halides is 3. The van der Waals surface area contributed by atoms with Crippen LogP contribution in [-0.2, 0) is 9.59 Å². The summed E-state index contributed by atoms with van der Waals surface area (Å²) < 4.78 is 39.2. The monoisotopic (exact) mass is 398 g/mol. The zero-order valence-corrected chi connectivity index (χ0v) is 15.8. The highest BCUT2D eigenvalue weighted by atomic mass is 19.4. The molecule has 0 unspecified atom stereocenters. The first-order valence-electron chi connectivity index (χ1n) is 9.76. The van der Waals surface area contributed by atoms with Crippen LogP contribution in [0.4, 0.5) is 13.2 Å². The van der Waals surface area contributed by atoms with E-state index in [-0.39, 0.29) is 32.0 Å². The molecule has 2 fully saturated rings. The van der Waals surface area contributed by atoms with E-state index in [2.05, 4.69) is 16.1 Å². The van der Waals surface area contributed by atoms with Crippen molar-refractivity contribution in [3.63, 3.8) is 0 Å². The van der Waals surface area contributed by atoms with Gasteiger partial charge >= 0.3 is 12.1 Å². The largest absolute Gasteiger partial charge is 0.471 e. The topological polar surface area (TPSA) is 65.3 Å². The van der Waals surface area contributed by atoms with Crippen molar-refractivity contribution >= 4 is 11.8 Å². The van der Waals surface area contributed by atoms with E-state index in [1.165, 1.54) is 0 Å². The molecule has 9 heteroatoms. The average molecular weight is 398 g/mol. The Bertz CT molecular complexity index is 686. The molecule has 1 aliphatic carbocycles. The standard InChI is InChI=1S/C19H25F3N4O2/c1-2-3-10-18(23-24-18)11-7-15(27)25-12-13-26(16(28)19(20,21)22)17(14-25)8-5-4-6-9-17/h1H,3-14H2. The lowest BCUT2D eigenvalue weighted by atomic mass is 9.78. The SMILES string of the molecule is C#CCCC1(CCC(=O)N2CCN(C(=O)C(F)(F)F)C3(CCCCC3)C2)N=N1. The molecular weight excluding hydrogens is 373 g/mol. The van der Waals surface area contributed by atoms with E-state index in [0.717, 1.165) is 24.2 Å². The van der Waals surface area contributed by atoms with Gasteiger partial charge in [0, 0.05) is 45.3 Å². The quantitative estimate of drug-likeness (QED) is 0.667. The fourth-order valence-corrected chi connectivity index (χ4v) is 4.43. The first kappa shape index (κ1) is 20.6. The van der Waals surface area contributed by atoms with Gasteiger partial charge in [0.1, 0.15) is 0 Å². The van der Waals surface area contributed by atoms with Gasteiger partial charge in [-0.2, -0.15) is 23.4 Å². The molecule has 0 N–H and O–H groups in total. The first-order valence-corrected chi connectivity index (χ1v) is 9.76. The molecule has 0 aromatic carbocycles. The summed E-state index contributed by atoms with van der Waals surface area (Å²) in [6.07, 6.45) is 5.64. The van der Waals surface area contributed by atoms with E-state index in [9.17, 15) is 22.8 Å². The van der Waals surface area contributed by atoms with E-state index in [1.54, 1.807) is 4.90 Å². The molecule has 0 atom stereocenters. The predicted octanol–water partition coefficient (Wildman–Crippen LogP) is 3.28. The van der Waals surface area contributed by atoms with E-state index in [1.807, 2.05) is 0 Å². The third kappa shape index (κ3) is 4.31. The smallest absolute Gasteiger partial charge is 0.339 e. The molecular formula is C19H25F3N4O2. The molecule has 2 amide bonds. The van der Waals surface area contributed by atoms with Crippen molar-refractivity contribution in [2.45, 2.75) is 75.2 Å². The molecule has 154 valence electrons. The Morgan fingerprint density at radius 2 is 1.75 bits per heavy atom. The molecule has 2 aliphatic heterocycles. The number of piperazine rings is 1. The summed E-state index contributed by atoms with van der Waals surface area (Å²) in [5, 5.41) is 8.03. The van der Waals surface area contributed by atoms with Crippen LogP contribution in [0.5, 0.6) is 0 Å². The van der Waals surface area contributed by atoms with Crippen molar-refractivity contribution in [3.05, 3.63) is 0 Å². The van der Waals surface area contributed by atoms with Gasteiger partial charge in [0.05, 0.1) is 5.54 Å². The molecule has 0 aromatic rings. The minimum atomic E-state index is -4.89. The third-order valence-corrected chi connectivity index (χ3v) is 6.07.